The third kappa shape index (κ3) is 106. The molecule has 0 heterocycles. The van der Waals surface area contributed by atoms with Gasteiger partial charge in [0.25, 0.3) is 0 Å². The van der Waals surface area contributed by atoms with Crippen LogP contribution in [0.2, 0.25) is 0 Å². The average molecular weight is 440 g/mol. The molecule has 1 aromatic rings. The van der Waals surface area contributed by atoms with Crippen molar-refractivity contribution in [3.8, 4) is 0 Å². The fourth-order valence-electron chi connectivity index (χ4n) is 0.584. The van der Waals surface area contributed by atoms with Gasteiger partial charge < -0.3 is 12.6 Å². The summed E-state index contributed by atoms with van der Waals surface area (Å²) in [5.74, 6) is 0. The fourth-order valence-corrected chi connectivity index (χ4v) is 0.731. The van der Waals surface area contributed by atoms with E-state index in [0.717, 1.165) is 5.56 Å². The second-order valence-electron chi connectivity index (χ2n) is 1.62. The average Bonchev–Trinajstić information content (AvgIpc) is 2.74. The van der Waals surface area contributed by atoms with E-state index >= 15 is 0 Å². The predicted octanol–water partition coefficient (Wildman–Crippen LogP) is 1.74. The van der Waals surface area contributed by atoms with Crippen molar-refractivity contribution >= 4 is 18.7 Å². The van der Waals surface area contributed by atoms with E-state index in [2.05, 4.69) is 65.2 Å². The smallest absolute Gasteiger partial charge is 0.797 e. The largest absolute Gasteiger partial charge is 2.00 e. The second-order valence-corrected chi connectivity index (χ2v) is 1.89. The van der Waals surface area contributed by atoms with E-state index in [1.807, 2.05) is 30.3 Å². The Labute approximate surface area is 173 Å². The van der Waals surface area contributed by atoms with Gasteiger partial charge in [0.1, 0.15) is 0 Å². The molecule has 0 aromatic heterocycles. The van der Waals surface area contributed by atoms with Crippen LogP contribution in [0, 0.1) is 52.6 Å². The maximum atomic E-state index is 7.50. The summed E-state index contributed by atoms with van der Waals surface area (Å²) in [5, 5.41) is 1.59. The van der Waals surface area contributed by atoms with E-state index < -0.39 is 0 Å². The Hall–Kier alpha value is -1.60. The first-order valence-corrected chi connectivity index (χ1v) is 4.59. The van der Waals surface area contributed by atoms with Gasteiger partial charge in [-0.3, -0.25) is 5.41 Å². The molecule has 0 unspecified atom stereocenters. The zero-order chi connectivity index (χ0) is 20.5. The molecule has 0 aliphatic heterocycles. The van der Waals surface area contributed by atoms with Crippen LogP contribution in [-0.2, 0) is 79.3 Å². The Kier molecular flexibility index (Phi) is 329. The number of rotatable bonds is 1. The number of benzene rings is 1. The number of hydrogen-bond acceptors (Lipinski definition) is 1. The molecule has 0 bridgehead atoms. The standard InChI is InChI=1S/C8H7S.7CO.2Mn/c9-7-6-8-4-2-1-3-5-8;7*1-2;;/h1-4,6-7,9H;;;;;;;;;/q-1;;;;;;;;;+2/p-1/b7-6-;;;;;;;;;. The van der Waals surface area contributed by atoms with Gasteiger partial charge >= 0.3 is 96.2 Å². The van der Waals surface area contributed by atoms with Crippen molar-refractivity contribution in [2.45, 2.75) is 0 Å². The molecule has 0 atom stereocenters. The molecule has 0 saturated carbocycles. The van der Waals surface area contributed by atoms with Crippen LogP contribution in [0.5, 0.6) is 0 Å². The SMILES string of the molecule is [C-]#[O+].[C-]#[O+].[C-]#[O+].[C-]#[O+].[C-]#[O+].[C-]#[O+].[C-]#[O+].[Mn+2].[Mn].[S-]/C=C\c1[c-]cccc1. The Morgan fingerprint density at radius 2 is 1.04 bits per heavy atom. The van der Waals surface area contributed by atoms with E-state index in [1.165, 1.54) is 0 Å². The molecule has 25 heavy (non-hydrogen) atoms. The van der Waals surface area contributed by atoms with Crippen molar-refractivity contribution in [1.82, 2.24) is 0 Å². The van der Waals surface area contributed by atoms with Gasteiger partial charge in [-0.1, -0.05) is 0 Å². The Morgan fingerprint density at radius 1 is 0.720 bits per heavy atom. The molecular formula is C15H6Mn2O7S. The molecule has 1 rings (SSSR count). The van der Waals surface area contributed by atoms with Crippen molar-refractivity contribution in [3.05, 3.63) is 87.9 Å². The third-order valence-corrected chi connectivity index (χ3v) is 1.12. The molecule has 0 spiro atoms. The van der Waals surface area contributed by atoms with Crippen LogP contribution in [0.25, 0.3) is 6.08 Å². The summed E-state index contributed by atoms with van der Waals surface area (Å²) < 4.78 is 52.5. The quantitative estimate of drug-likeness (QED) is 0.279. The molecule has 7 nitrogen and oxygen atoms in total. The van der Waals surface area contributed by atoms with Crippen molar-refractivity contribution in [2.75, 3.05) is 0 Å². The van der Waals surface area contributed by atoms with Crippen molar-refractivity contribution < 1.29 is 66.7 Å². The molecular weight excluding hydrogens is 434 g/mol. The Balaban J connectivity index is -0.0000000198. The molecule has 0 N–H and O–H groups in total. The first-order valence-electron chi connectivity index (χ1n) is 4.11. The van der Waals surface area contributed by atoms with E-state index in [4.69, 9.17) is 32.6 Å². The summed E-state index contributed by atoms with van der Waals surface area (Å²) in [6.07, 6.45) is 1.84. The minimum Gasteiger partial charge on any atom is -0.797 e. The van der Waals surface area contributed by atoms with E-state index in [9.17, 15) is 0 Å². The maximum absolute atomic E-state index is 7.50. The first kappa shape index (κ1) is 56.6. The molecule has 0 aliphatic carbocycles. The molecule has 1 aromatic carbocycles. The zero-order valence-electron chi connectivity index (χ0n) is 12.0. The monoisotopic (exact) mass is 440 g/mol. The third-order valence-electron chi connectivity index (χ3n) is 0.981. The Morgan fingerprint density at radius 3 is 1.24 bits per heavy atom. The normalized spacial score (nSPS) is 4.24. The van der Waals surface area contributed by atoms with Crippen molar-refractivity contribution in [3.63, 3.8) is 0 Å². The van der Waals surface area contributed by atoms with E-state index in [0.29, 0.717) is 0 Å². The molecule has 0 amide bonds. The zero-order valence-corrected chi connectivity index (χ0v) is 15.2. The predicted molar refractivity (Wildman–Crippen MR) is 69.2 cm³/mol. The van der Waals surface area contributed by atoms with E-state index in [1.54, 1.807) is 5.41 Å². The van der Waals surface area contributed by atoms with Crippen LogP contribution >= 0.6 is 0 Å². The van der Waals surface area contributed by atoms with Gasteiger partial charge in [-0.25, -0.2) is 0 Å². The van der Waals surface area contributed by atoms with Gasteiger partial charge in [0.15, 0.2) is 0 Å². The van der Waals surface area contributed by atoms with Gasteiger partial charge in [0.05, 0.1) is 0 Å². The first-order chi connectivity index (χ1) is 11.4. The summed E-state index contributed by atoms with van der Waals surface area (Å²) in [7, 11) is 0. The maximum Gasteiger partial charge on any atom is 2.00 e. The summed E-state index contributed by atoms with van der Waals surface area (Å²) in [6.45, 7) is 31.5. The van der Waals surface area contributed by atoms with Gasteiger partial charge in [-0.2, -0.15) is 11.6 Å². The van der Waals surface area contributed by atoms with Crippen LogP contribution in [0.4, 0.5) is 0 Å². The fraction of sp³-hybridized carbons (Fsp3) is 0. The van der Waals surface area contributed by atoms with Crippen LogP contribution in [0.3, 0.4) is 0 Å². The second kappa shape index (κ2) is 145. The van der Waals surface area contributed by atoms with Gasteiger partial charge in [-0.05, 0) is 0 Å². The van der Waals surface area contributed by atoms with Crippen LogP contribution in [-0.4, -0.2) is 0 Å². The minimum absolute atomic E-state index is 0. The molecule has 2 radical (unpaired) electrons. The van der Waals surface area contributed by atoms with Crippen LogP contribution in [0.1, 0.15) is 5.56 Å². The summed E-state index contributed by atoms with van der Waals surface area (Å²) in [5.41, 5.74) is 1.03. The van der Waals surface area contributed by atoms with Crippen molar-refractivity contribution in [1.29, 1.82) is 0 Å². The summed E-state index contributed by atoms with van der Waals surface area (Å²) in [6, 6.07) is 10.7. The van der Waals surface area contributed by atoms with Gasteiger partial charge in [0.2, 0.25) is 0 Å². The van der Waals surface area contributed by atoms with Crippen LogP contribution < -0.4 is 0 Å². The molecule has 10 heteroatoms. The van der Waals surface area contributed by atoms with Gasteiger partial charge in [0, 0.05) is 17.1 Å². The summed E-state index contributed by atoms with van der Waals surface area (Å²) in [4.78, 5) is 0. The Bertz CT molecular complexity index is 402. The molecule has 128 valence electrons. The van der Waals surface area contributed by atoms with E-state index in [-0.39, 0.29) is 34.1 Å². The minimum atomic E-state index is 0. The molecule has 0 saturated heterocycles. The van der Waals surface area contributed by atoms with Gasteiger partial charge in [-0.15, -0.1) is 30.3 Å². The van der Waals surface area contributed by atoms with Crippen LogP contribution in [0.15, 0.2) is 29.7 Å². The summed E-state index contributed by atoms with van der Waals surface area (Å²) >= 11 is 4.63. The molecule has 0 fully saturated rings. The molecule has 0 aliphatic rings. The topological polar surface area (TPSA) is 139 Å². The van der Waals surface area contributed by atoms with Crippen molar-refractivity contribution in [2.24, 2.45) is 0 Å². The number of hydrogen-bond donors (Lipinski definition) is 0.